The van der Waals surface area contributed by atoms with E-state index in [4.69, 9.17) is 9.97 Å². The summed E-state index contributed by atoms with van der Waals surface area (Å²) in [7, 11) is 0. The molecule has 5 rings (SSSR count). The topological polar surface area (TPSA) is 58.9 Å². The number of para-hydroxylation sites is 1. The third-order valence-electron chi connectivity index (χ3n) is 5.44. The van der Waals surface area contributed by atoms with Gasteiger partial charge in [-0.2, -0.15) is 15.1 Å². The predicted molar refractivity (Wildman–Crippen MR) is 117 cm³/mol. The van der Waals surface area contributed by atoms with Crippen molar-refractivity contribution in [2.75, 3.05) is 23.3 Å². The zero-order valence-corrected chi connectivity index (χ0v) is 16.8. The van der Waals surface area contributed by atoms with Crippen molar-refractivity contribution in [1.29, 1.82) is 0 Å². The van der Waals surface area contributed by atoms with Gasteiger partial charge < -0.3 is 10.2 Å². The Morgan fingerprint density at radius 2 is 1.93 bits per heavy atom. The van der Waals surface area contributed by atoms with Gasteiger partial charge in [0.05, 0.1) is 17.3 Å². The Morgan fingerprint density at radius 3 is 2.73 bits per heavy atom. The second-order valence-electron chi connectivity index (χ2n) is 7.83. The van der Waals surface area contributed by atoms with Crippen molar-refractivity contribution in [2.24, 2.45) is 5.92 Å². The van der Waals surface area contributed by atoms with Crippen LogP contribution in [0.5, 0.6) is 0 Å². The Balaban J connectivity index is 1.64. The van der Waals surface area contributed by atoms with Crippen LogP contribution in [0.25, 0.3) is 16.7 Å². The van der Waals surface area contributed by atoms with E-state index in [2.05, 4.69) is 22.2 Å². The molecule has 0 amide bonds. The van der Waals surface area contributed by atoms with Gasteiger partial charge in [-0.3, -0.25) is 0 Å². The molecule has 6 nitrogen and oxygen atoms in total. The maximum absolute atomic E-state index is 13.7. The summed E-state index contributed by atoms with van der Waals surface area (Å²) in [5.41, 5.74) is 2.30. The van der Waals surface area contributed by atoms with Crippen molar-refractivity contribution in [3.05, 3.63) is 66.6 Å². The molecule has 0 unspecified atom stereocenters. The summed E-state index contributed by atoms with van der Waals surface area (Å²) in [4.78, 5) is 11.9. The lowest BCUT2D eigenvalue weighted by atomic mass is 10.0. The van der Waals surface area contributed by atoms with Gasteiger partial charge in [-0.1, -0.05) is 31.2 Å². The van der Waals surface area contributed by atoms with Crippen molar-refractivity contribution < 1.29 is 4.39 Å². The predicted octanol–water partition coefficient (Wildman–Crippen LogP) is 4.93. The number of anilines is 3. The quantitative estimate of drug-likeness (QED) is 0.524. The summed E-state index contributed by atoms with van der Waals surface area (Å²) in [6.45, 7) is 4.10. The summed E-state index contributed by atoms with van der Waals surface area (Å²) in [5, 5.41) is 8.63. The molecular formula is C23H23FN6. The normalized spacial score (nSPS) is 16.7. The molecule has 0 aliphatic carbocycles. The van der Waals surface area contributed by atoms with Crippen molar-refractivity contribution >= 4 is 28.5 Å². The fraction of sp³-hybridized carbons (Fsp3) is 0.261. The number of fused-ring (bicyclic) bond motifs is 1. The molecule has 4 aromatic rings. The molecule has 1 N–H and O–H groups in total. The Bertz CT molecular complexity index is 1170. The second kappa shape index (κ2) is 7.74. The van der Waals surface area contributed by atoms with E-state index in [0.717, 1.165) is 36.2 Å². The molecule has 2 aromatic carbocycles. The molecule has 3 heterocycles. The molecule has 1 aliphatic rings. The summed E-state index contributed by atoms with van der Waals surface area (Å²) < 4.78 is 15.5. The van der Waals surface area contributed by atoms with Crippen LogP contribution in [0.2, 0.25) is 0 Å². The largest absolute Gasteiger partial charge is 0.340 e. The maximum atomic E-state index is 13.7. The Labute approximate surface area is 174 Å². The van der Waals surface area contributed by atoms with E-state index in [9.17, 15) is 4.39 Å². The first-order chi connectivity index (χ1) is 14.7. The van der Waals surface area contributed by atoms with Crippen molar-refractivity contribution in [1.82, 2.24) is 19.7 Å². The SMILES string of the molecule is C[C@@H]1CCCN(c2nc(Nc3cccc(F)c3)c3cnn(-c4ccccc4)c3n2)C1. The molecule has 1 saturated heterocycles. The Kier molecular flexibility index (Phi) is 4.78. The molecule has 1 atom stereocenters. The van der Waals surface area contributed by atoms with Gasteiger partial charge in [0.15, 0.2) is 5.65 Å². The van der Waals surface area contributed by atoms with E-state index in [-0.39, 0.29) is 5.82 Å². The molecule has 7 heteroatoms. The molecule has 152 valence electrons. The van der Waals surface area contributed by atoms with Crippen LogP contribution >= 0.6 is 0 Å². The molecule has 0 bridgehead atoms. The first kappa shape index (κ1) is 18.5. The van der Waals surface area contributed by atoms with Gasteiger partial charge in [0, 0.05) is 18.8 Å². The minimum Gasteiger partial charge on any atom is -0.340 e. The highest BCUT2D eigenvalue weighted by Crippen LogP contribution is 2.29. The van der Waals surface area contributed by atoms with E-state index in [0.29, 0.717) is 23.4 Å². The average Bonchev–Trinajstić information content (AvgIpc) is 3.19. The molecule has 0 spiro atoms. The summed E-state index contributed by atoms with van der Waals surface area (Å²) in [6, 6.07) is 16.3. The lowest BCUT2D eigenvalue weighted by molar-refractivity contribution is 0.442. The number of piperidine rings is 1. The molecule has 30 heavy (non-hydrogen) atoms. The molecule has 1 aliphatic heterocycles. The van der Waals surface area contributed by atoms with E-state index in [1.54, 1.807) is 12.3 Å². The van der Waals surface area contributed by atoms with Crippen LogP contribution in [0.15, 0.2) is 60.8 Å². The first-order valence-corrected chi connectivity index (χ1v) is 10.3. The fourth-order valence-electron chi connectivity index (χ4n) is 3.97. The number of halogens is 1. The van der Waals surface area contributed by atoms with Crippen molar-refractivity contribution in [2.45, 2.75) is 19.8 Å². The minimum absolute atomic E-state index is 0.296. The van der Waals surface area contributed by atoms with Crippen LogP contribution in [0.3, 0.4) is 0 Å². The maximum Gasteiger partial charge on any atom is 0.229 e. The number of rotatable bonds is 4. The van der Waals surface area contributed by atoms with Gasteiger partial charge in [-0.25, -0.2) is 9.07 Å². The van der Waals surface area contributed by atoms with E-state index < -0.39 is 0 Å². The highest BCUT2D eigenvalue weighted by Gasteiger charge is 2.22. The smallest absolute Gasteiger partial charge is 0.229 e. The summed E-state index contributed by atoms with van der Waals surface area (Å²) in [6.07, 6.45) is 4.09. The molecule has 0 saturated carbocycles. The van der Waals surface area contributed by atoms with Crippen LogP contribution in [0.1, 0.15) is 19.8 Å². The van der Waals surface area contributed by atoms with Crippen LogP contribution in [-0.2, 0) is 0 Å². The minimum atomic E-state index is -0.296. The first-order valence-electron chi connectivity index (χ1n) is 10.3. The van der Waals surface area contributed by atoms with Gasteiger partial charge in [0.1, 0.15) is 11.6 Å². The van der Waals surface area contributed by atoms with Crippen LogP contribution in [0, 0.1) is 11.7 Å². The van der Waals surface area contributed by atoms with Crippen molar-refractivity contribution in [3.8, 4) is 5.69 Å². The number of aromatic nitrogens is 4. The lowest BCUT2D eigenvalue weighted by Gasteiger charge is -2.31. The Morgan fingerprint density at radius 1 is 1.07 bits per heavy atom. The molecule has 1 fully saturated rings. The number of nitrogens with one attached hydrogen (secondary N) is 1. The highest BCUT2D eigenvalue weighted by molar-refractivity contribution is 5.90. The average molecular weight is 402 g/mol. The highest BCUT2D eigenvalue weighted by atomic mass is 19.1. The van der Waals surface area contributed by atoms with E-state index in [1.165, 1.54) is 18.6 Å². The summed E-state index contributed by atoms with van der Waals surface area (Å²) in [5.74, 6) is 1.60. The number of hydrogen-bond acceptors (Lipinski definition) is 5. The molecular weight excluding hydrogens is 379 g/mol. The number of hydrogen-bond donors (Lipinski definition) is 1. The van der Waals surface area contributed by atoms with E-state index in [1.807, 2.05) is 41.1 Å². The zero-order valence-electron chi connectivity index (χ0n) is 16.8. The lowest BCUT2D eigenvalue weighted by Crippen LogP contribution is -2.35. The van der Waals surface area contributed by atoms with Gasteiger partial charge in [-0.15, -0.1) is 0 Å². The van der Waals surface area contributed by atoms with E-state index >= 15 is 0 Å². The van der Waals surface area contributed by atoms with Crippen molar-refractivity contribution in [3.63, 3.8) is 0 Å². The van der Waals surface area contributed by atoms with Crippen LogP contribution in [0.4, 0.5) is 21.8 Å². The monoisotopic (exact) mass is 402 g/mol. The van der Waals surface area contributed by atoms with Gasteiger partial charge in [-0.05, 0) is 49.1 Å². The number of benzene rings is 2. The molecule has 2 aromatic heterocycles. The fourth-order valence-corrected chi connectivity index (χ4v) is 3.97. The van der Waals surface area contributed by atoms with Crippen LogP contribution in [-0.4, -0.2) is 32.8 Å². The van der Waals surface area contributed by atoms with Gasteiger partial charge in [0.2, 0.25) is 5.95 Å². The standard InChI is InChI=1S/C23H23FN6/c1-16-7-6-12-29(15-16)23-27-21(26-18-9-5-8-17(24)13-18)20-14-25-30(22(20)28-23)19-10-3-2-4-11-19/h2-5,8-11,13-14,16H,6-7,12,15H2,1H3,(H,26,27,28)/t16-/m1/s1. The Hall–Kier alpha value is -3.48. The van der Waals surface area contributed by atoms with Crippen LogP contribution < -0.4 is 10.2 Å². The van der Waals surface area contributed by atoms with Gasteiger partial charge in [0.25, 0.3) is 0 Å². The third-order valence-corrected chi connectivity index (χ3v) is 5.44. The summed E-state index contributed by atoms with van der Waals surface area (Å²) >= 11 is 0. The van der Waals surface area contributed by atoms with Gasteiger partial charge >= 0.3 is 0 Å². The third kappa shape index (κ3) is 3.58. The second-order valence-corrected chi connectivity index (χ2v) is 7.83. The molecule has 0 radical (unpaired) electrons. The zero-order chi connectivity index (χ0) is 20.5. The number of nitrogens with zero attached hydrogens (tertiary/aromatic N) is 5.